The third kappa shape index (κ3) is 25.5. The molecule has 17 heavy (non-hydrogen) atoms. The van der Waals surface area contributed by atoms with E-state index in [9.17, 15) is 4.79 Å². The van der Waals surface area contributed by atoms with Crippen LogP contribution in [0.3, 0.4) is 0 Å². The zero-order chi connectivity index (χ0) is 13.4. The molecule has 0 saturated heterocycles. The van der Waals surface area contributed by atoms with E-state index >= 15 is 0 Å². The molecular formula is C12H29N3O2. The number of unbranched alkanes of at least 4 members (excludes halogenated alkanes) is 5. The Labute approximate surface area is 105 Å². The van der Waals surface area contributed by atoms with Gasteiger partial charge in [-0.05, 0) is 45.3 Å². The Hall–Kier alpha value is -0.650. The van der Waals surface area contributed by atoms with Gasteiger partial charge < -0.3 is 22.3 Å². The predicted molar refractivity (Wildman–Crippen MR) is 71.7 cm³/mol. The van der Waals surface area contributed by atoms with Crippen LogP contribution in [-0.2, 0) is 4.79 Å². The van der Waals surface area contributed by atoms with E-state index in [1.165, 1.54) is 12.8 Å². The van der Waals surface area contributed by atoms with Gasteiger partial charge in [-0.2, -0.15) is 0 Å². The molecule has 104 valence electrons. The Balaban J connectivity index is 0. The van der Waals surface area contributed by atoms with Gasteiger partial charge in [0, 0.05) is 6.42 Å². The van der Waals surface area contributed by atoms with Crippen molar-refractivity contribution in [2.75, 3.05) is 19.6 Å². The summed E-state index contributed by atoms with van der Waals surface area (Å²) >= 11 is 0. The highest BCUT2D eigenvalue weighted by atomic mass is 16.4. The van der Waals surface area contributed by atoms with E-state index in [0.29, 0.717) is 6.54 Å². The molecule has 0 rings (SSSR count). The summed E-state index contributed by atoms with van der Waals surface area (Å²) in [5.41, 5.74) is 15.8. The van der Waals surface area contributed by atoms with Crippen LogP contribution >= 0.6 is 0 Å². The van der Waals surface area contributed by atoms with Gasteiger partial charge in [-0.25, -0.2) is 0 Å². The number of carboxylic acid groups (broad SMARTS) is 1. The van der Waals surface area contributed by atoms with Gasteiger partial charge >= 0.3 is 5.97 Å². The second-order valence-electron chi connectivity index (χ2n) is 3.98. The van der Waals surface area contributed by atoms with Crippen molar-refractivity contribution in [1.82, 2.24) is 0 Å². The summed E-state index contributed by atoms with van der Waals surface area (Å²) in [5.74, 6) is -0.716. The van der Waals surface area contributed by atoms with Crippen molar-refractivity contribution in [3.8, 4) is 0 Å². The average Bonchev–Trinajstić information content (AvgIpc) is 2.31. The summed E-state index contributed by atoms with van der Waals surface area (Å²) in [6.45, 7) is 2.31. The van der Waals surface area contributed by atoms with Crippen molar-refractivity contribution >= 4 is 5.97 Å². The van der Waals surface area contributed by atoms with Crippen LogP contribution in [0, 0.1) is 0 Å². The summed E-state index contributed by atoms with van der Waals surface area (Å²) in [7, 11) is 0. The van der Waals surface area contributed by atoms with Crippen LogP contribution < -0.4 is 17.2 Å². The fourth-order valence-electron chi connectivity index (χ4n) is 1.24. The van der Waals surface area contributed by atoms with E-state index in [4.69, 9.17) is 22.3 Å². The number of carbonyl (C=O) groups is 1. The molecule has 0 unspecified atom stereocenters. The van der Waals surface area contributed by atoms with Gasteiger partial charge in [-0.15, -0.1) is 0 Å². The van der Waals surface area contributed by atoms with E-state index < -0.39 is 5.97 Å². The van der Waals surface area contributed by atoms with Crippen LogP contribution in [0.15, 0.2) is 0 Å². The quantitative estimate of drug-likeness (QED) is 0.431. The second kappa shape index (κ2) is 17.7. The summed E-state index contributed by atoms with van der Waals surface area (Å²) in [5, 5.41) is 8.18. The van der Waals surface area contributed by atoms with Crippen molar-refractivity contribution in [3.63, 3.8) is 0 Å². The molecule has 0 aliphatic heterocycles. The fraction of sp³-hybridized carbons (Fsp3) is 0.917. The smallest absolute Gasteiger partial charge is 0.303 e. The van der Waals surface area contributed by atoms with Crippen LogP contribution in [0.2, 0.25) is 0 Å². The molecule has 7 N–H and O–H groups in total. The molecule has 0 fully saturated rings. The molecular weight excluding hydrogens is 218 g/mol. The van der Waals surface area contributed by atoms with Gasteiger partial charge in [0.2, 0.25) is 0 Å². The third-order valence-corrected chi connectivity index (χ3v) is 2.25. The van der Waals surface area contributed by atoms with Crippen LogP contribution in [0.4, 0.5) is 0 Å². The SMILES string of the molecule is NCCCCCC(=O)O.NCCCCCCN. The number of hydrogen-bond donors (Lipinski definition) is 4. The monoisotopic (exact) mass is 247 g/mol. The molecule has 0 aromatic carbocycles. The van der Waals surface area contributed by atoms with Gasteiger partial charge in [0.25, 0.3) is 0 Å². The van der Waals surface area contributed by atoms with Crippen molar-refractivity contribution in [1.29, 1.82) is 0 Å². The number of rotatable bonds is 10. The van der Waals surface area contributed by atoms with Gasteiger partial charge in [-0.1, -0.05) is 19.3 Å². The molecule has 0 saturated carbocycles. The molecule has 0 aromatic rings. The number of nitrogens with two attached hydrogens (primary N) is 3. The minimum atomic E-state index is -0.716. The molecule has 5 nitrogen and oxygen atoms in total. The largest absolute Gasteiger partial charge is 0.481 e. The Morgan fingerprint density at radius 1 is 0.706 bits per heavy atom. The number of carboxylic acids is 1. The third-order valence-electron chi connectivity index (χ3n) is 2.25. The zero-order valence-electron chi connectivity index (χ0n) is 10.9. The molecule has 0 aliphatic rings. The zero-order valence-corrected chi connectivity index (χ0v) is 10.9. The van der Waals surface area contributed by atoms with Crippen LogP contribution in [0.1, 0.15) is 51.4 Å². The number of hydrogen-bond acceptors (Lipinski definition) is 4. The Kier molecular flexibility index (Phi) is 19.5. The van der Waals surface area contributed by atoms with Crippen molar-refractivity contribution in [2.45, 2.75) is 51.4 Å². The molecule has 0 radical (unpaired) electrons. The first-order valence-electron chi connectivity index (χ1n) is 6.51. The van der Waals surface area contributed by atoms with E-state index in [-0.39, 0.29) is 6.42 Å². The maximum absolute atomic E-state index is 9.93. The van der Waals surface area contributed by atoms with E-state index in [1.807, 2.05) is 0 Å². The summed E-state index contributed by atoms with van der Waals surface area (Å²) < 4.78 is 0. The first kappa shape index (κ1) is 18.7. The molecule has 0 aromatic heterocycles. The lowest BCUT2D eigenvalue weighted by molar-refractivity contribution is -0.137. The minimum Gasteiger partial charge on any atom is -0.481 e. The summed E-state index contributed by atoms with van der Waals surface area (Å²) in [6.07, 6.45) is 7.70. The van der Waals surface area contributed by atoms with Crippen LogP contribution in [-0.4, -0.2) is 30.7 Å². The van der Waals surface area contributed by atoms with E-state index in [1.54, 1.807) is 0 Å². The predicted octanol–water partition coefficient (Wildman–Crippen LogP) is 1.05. The normalized spacial score (nSPS) is 9.59. The average molecular weight is 247 g/mol. The molecule has 0 amide bonds. The molecule has 0 aliphatic carbocycles. The summed E-state index contributed by atoms with van der Waals surface area (Å²) in [6, 6.07) is 0. The first-order chi connectivity index (χ1) is 8.18. The summed E-state index contributed by atoms with van der Waals surface area (Å²) in [4.78, 5) is 9.93. The molecule has 0 atom stereocenters. The van der Waals surface area contributed by atoms with Gasteiger partial charge in [0.1, 0.15) is 0 Å². The standard InChI is InChI=1S/C6H16N2.C6H13NO2/c7-5-3-1-2-4-6-8;7-5-3-1-2-4-6(8)9/h1-8H2;1-5,7H2,(H,8,9). The molecule has 0 bridgehead atoms. The van der Waals surface area contributed by atoms with Gasteiger partial charge in [-0.3, -0.25) is 4.79 Å². The molecule has 0 heterocycles. The topological polar surface area (TPSA) is 115 Å². The minimum absolute atomic E-state index is 0.278. The Morgan fingerprint density at radius 2 is 1.06 bits per heavy atom. The Bertz CT molecular complexity index is 149. The van der Waals surface area contributed by atoms with Crippen molar-refractivity contribution in [3.05, 3.63) is 0 Å². The molecule has 5 heteroatoms. The van der Waals surface area contributed by atoms with E-state index in [2.05, 4.69) is 0 Å². The van der Waals surface area contributed by atoms with Crippen LogP contribution in [0.5, 0.6) is 0 Å². The lowest BCUT2D eigenvalue weighted by Crippen LogP contribution is -2.00. The Morgan fingerprint density at radius 3 is 1.35 bits per heavy atom. The highest BCUT2D eigenvalue weighted by Crippen LogP contribution is 1.97. The molecule has 0 spiro atoms. The maximum Gasteiger partial charge on any atom is 0.303 e. The highest BCUT2D eigenvalue weighted by Gasteiger charge is 1.94. The van der Waals surface area contributed by atoms with E-state index in [0.717, 1.165) is 45.2 Å². The van der Waals surface area contributed by atoms with Crippen LogP contribution in [0.25, 0.3) is 0 Å². The lowest BCUT2D eigenvalue weighted by Gasteiger charge is -1.94. The maximum atomic E-state index is 9.93. The van der Waals surface area contributed by atoms with Crippen molar-refractivity contribution < 1.29 is 9.90 Å². The van der Waals surface area contributed by atoms with Gasteiger partial charge in [0.15, 0.2) is 0 Å². The first-order valence-corrected chi connectivity index (χ1v) is 6.51. The van der Waals surface area contributed by atoms with Crippen molar-refractivity contribution in [2.24, 2.45) is 17.2 Å². The van der Waals surface area contributed by atoms with Gasteiger partial charge in [0.05, 0.1) is 0 Å². The lowest BCUT2D eigenvalue weighted by atomic mass is 10.2. The number of aliphatic carboxylic acids is 1. The fourth-order valence-corrected chi connectivity index (χ4v) is 1.24. The highest BCUT2D eigenvalue weighted by molar-refractivity contribution is 5.66. The second-order valence-corrected chi connectivity index (χ2v) is 3.98.